The van der Waals surface area contributed by atoms with Gasteiger partial charge in [0.05, 0.1) is 6.54 Å². The minimum atomic E-state index is 0. The first-order chi connectivity index (χ1) is 13.1. The summed E-state index contributed by atoms with van der Waals surface area (Å²) in [7, 11) is 1.95. The Kier molecular flexibility index (Phi) is 12.0. The van der Waals surface area contributed by atoms with Crippen LogP contribution in [-0.2, 0) is 13.6 Å². The van der Waals surface area contributed by atoms with Crippen molar-refractivity contribution < 1.29 is 4.74 Å². The Morgan fingerprint density at radius 1 is 1.14 bits per heavy atom. The normalized spacial score (nSPS) is 11.1. The van der Waals surface area contributed by atoms with Crippen LogP contribution in [0.2, 0.25) is 0 Å². The summed E-state index contributed by atoms with van der Waals surface area (Å²) in [5.41, 5.74) is 1.23. The largest absolute Gasteiger partial charge is 0.492 e. The zero-order chi connectivity index (χ0) is 19.5. The zero-order valence-corrected chi connectivity index (χ0v) is 20.2. The number of thioether (sulfide) groups is 1. The number of ether oxygens (including phenoxy) is 1. The molecule has 0 bridgehead atoms. The van der Waals surface area contributed by atoms with Crippen LogP contribution in [0.25, 0.3) is 0 Å². The number of guanidine groups is 1. The van der Waals surface area contributed by atoms with E-state index in [0.29, 0.717) is 19.7 Å². The zero-order valence-electron chi connectivity index (χ0n) is 17.1. The van der Waals surface area contributed by atoms with Crippen molar-refractivity contribution in [2.45, 2.75) is 26.8 Å². The lowest BCUT2D eigenvalue weighted by atomic mass is 10.2. The summed E-state index contributed by atoms with van der Waals surface area (Å²) in [6.07, 6.45) is 3.21. The Labute approximate surface area is 189 Å². The van der Waals surface area contributed by atoms with E-state index in [1.807, 2.05) is 54.6 Å². The molecule has 2 rings (SSSR count). The van der Waals surface area contributed by atoms with Crippen molar-refractivity contribution >= 4 is 41.7 Å². The van der Waals surface area contributed by atoms with Gasteiger partial charge in [0.2, 0.25) is 0 Å². The van der Waals surface area contributed by atoms with Crippen molar-refractivity contribution in [2.75, 3.05) is 31.7 Å². The first-order valence-corrected chi connectivity index (χ1v) is 10.5. The highest BCUT2D eigenvalue weighted by Gasteiger charge is 2.05. The number of aryl methyl sites for hydroxylation is 2. The van der Waals surface area contributed by atoms with E-state index in [4.69, 9.17) is 4.74 Å². The maximum absolute atomic E-state index is 5.76. The molecule has 2 N–H and O–H groups in total. The molecule has 0 spiro atoms. The number of nitrogens with zero attached hydrogens (tertiary/aromatic N) is 4. The van der Waals surface area contributed by atoms with Crippen LogP contribution in [0.5, 0.6) is 5.75 Å². The molecule has 2 aromatic rings. The van der Waals surface area contributed by atoms with Crippen LogP contribution < -0.4 is 15.4 Å². The van der Waals surface area contributed by atoms with Gasteiger partial charge in [0.1, 0.15) is 24.7 Å². The molecule has 0 saturated heterocycles. The predicted molar refractivity (Wildman–Crippen MR) is 128 cm³/mol. The van der Waals surface area contributed by atoms with E-state index in [9.17, 15) is 0 Å². The Bertz CT molecular complexity index is 720. The van der Waals surface area contributed by atoms with E-state index in [1.165, 1.54) is 5.56 Å². The molecule has 0 amide bonds. The third-order valence-electron chi connectivity index (χ3n) is 4.06. The van der Waals surface area contributed by atoms with E-state index < -0.39 is 0 Å². The average Bonchev–Trinajstić information content (AvgIpc) is 2.99. The van der Waals surface area contributed by atoms with Gasteiger partial charge in [-0.05, 0) is 44.4 Å². The Morgan fingerprint density at radius 2 is 1.86 bits per heavy atom. The third-order valence-corrected chi connectivity index (χ3v) is 4.76. The molecule has 9 heteroatoms. The van der Waals surface area contributed by atoms with E-state index in [2.05, 4.69) is 39.0 Å². The van der Waals surface area contributed by atoms with Gasteiger partial charge in [0.25, 0.3) is 0 Å². The molecule has 28 heavy (non-hydrogen) atoms. The van der Waals surface area contributed by atoms with Crippen molar-refractivity contribution in [2.24, 2.45) is 12.0 Å². The smallest absolute Gasteiger partial charge is 0.191 e. The Hall–Kier alpha value is -1.49. The van der Waals surface area contributed by atoms with Crippen LogP contribution >= 0.6 is 35.7 Å². The quantitative estimate of drug-likeness (QED) is 0.218. The minimum Gasteiger partial charge on any atom is -0.492 e. The Balaban J connectivity index is 0.00000392. The second-order valence-corrected chi connectivity index (χ2v) is 7.23. The first kappa shape index (κ1) is 24.5. The van der Waals surface area contributed by atoms with Crippen LogP contribution in [0.15, 0.2) is 29.3 Å². The van der Waals surface area contributed by atoms with Gasteiger partial charge in [0.15, 0.2) is 11.8 Å². The molecule has 0 aliphatic heterocycles. The van der Waals surface area contributed by atoms with Crippen molar-refractivity contribution in [3.63, 3.8) is 0 Å². The van der Waals surface area contributed by atoms with Crippen molar-refractivity contribution in [1.82, 2.24) is 25.4 Å². The lowest BCUT2D eigenvalue weighted by molar-refractivity contribution is 0.322. The first-order valence-electron chi connectivity index (χ1n) is 9.15. The van der Waals surface area contributed by atoms with Crippen LogP contribution in [0.1, 0.15) is 23.6 Å². The van der Waals surface area contributed by atoms with Crippen molar-refractivity contribution in [3.05, 3.63) is 41.5 Å². The Morgan fingerprint density at radius 3 is 2.50 bits per heavy atom. The van der Waals surface area contributed by atoms with Crippen molar-refractivity contribution in [1.29, 1.82) is 0 Å². The van der Waals surface area contributed by atoms with Crippen LogP contribution in [-0.4, -0.2) is 52.4 Å². The fourth-order valence-corrected chi connectivity index (χ4v) is 2.74. The van der Waals surface area contributed by atoms with Gasteiger partial charge >= 0.3 is 0 Å². The summed E-state index contributed by atoms with van der Waals surface area (Å²) in [6, 6.07) is 8.07. The molecule has 0 radical (unpaired) electrons. The summed E-state index contributed by atoms with van der Waals surface area (Å²) in [5.74, 6) is 4.50. The van der Waals surface area contributed by atoms with Crippen LogP contribution in [0, 0.1) is 13.8 Å². The van der Waals surface area contributed by atoms with E-state index >= 15 is 0 Å². The van der Waals surface area contributed by atoms with Gasteiger partial charge in [-0.1, -0.05) is 17.7 Å². The second kappa shape index (κ2) is 13.6. The van der Waals surface area contributed by atoms with Crippen LogP contribution in [0.3, 0.4) is 0 Å². The predicted octanol–water partition coefficient (Wildman–Crippen LogP) is 2.92. The number of aromatic nitrogens is 3. The molecule has 0 aliphatic rings. The summed E-state index contributed by atoms with van der Waals surface area (Å²) in [6.45, 7) is 6.59. The standard InChI is InChI=1S/C19H30N6OS.HI/c1-15-6-8-17(9-7-15)26-12-11-21-19(20-10-5-13-27-4)22-14-18-24-23-16(2)25(18)3;/h6-9H,5,10-14H2,1-4H3,(H2,20,21,22);1H. The van der Waals surface area contributed by atoms with E-state index in [-0.39, 0.29) is 24.0 Å². The molecule has 1 heterocycles. The van der Waals surface area contributed by atoms with Gasteiger partial charge in [0, 0.05) is 13.6 Å². The topological polar surface area (TPSA) is 76.4 Å². The third kappa shape index (κ3) is 8.68. The average molecular weight is 518 g/mol. The highest BCUT2D eigenvalue weighted by atomic mass is 127. The van der Waals surface area contributed by atoms with E-state index in [1.54, 1.807) is 0 Å². The molecule has 156 valence electrons. The van der Waals surface area contributed by atoms with Gasteiger partial charge in [-0.25, -0.2) is 4.99 Å². The highest BCUT2D eigenvalue weighted by molar-refractivity contribution is 14.0. The summed E-state index contributed by atoms with van der Waals surface area (Å²) in [4.78, 5) is 4.63. The summed E-state index contributed by atoms with van der Waals surface area (Å²) < 4.78 is 7.72. The van der Waals surface area contributed by atoms with Gasteiger partial charge in [-0.2, -0.15) is 11.8 Å². The fraction of sp³-hybridized carbons (Fsp3) is 0.526. The number of aliphatic imine (C=N–C) groups is 1. The number of halogens is 1. The highest BCUT2D eigenvalue weighted by Crippen LogP contribution is 2.10. The lowest BCUT2D eigenvalue weighted by Gasteiger charge is -2.13. The second-order valence-electron chi connectivity index (χ2n) is 6.25. The minimum absolute atomic E-state index is 0. The number of nitrogens with one attached hydrogen (secondary N) is 2. The van der Waals surface area contributed by atoms with Gasteiger partial charge in [-0.15, -0.1) is 34.2 Å². The maximum atomic E-state index is 5.76. The molecule has 0 unspecified atom stereocenters. The maximum Gasteiger partial charge on any atom is 0.191 e. The molecule has 0 atom stereocenters. The van der Waals surface area contributed by atoms with Crippen LogP contribution in [0.4, 0.5) is 0 Å². The summed E-state index contributed by atoms with van der Waals surface area (Å²) >= 11 is 1.85. The molecule has 0 fully saturated rings. The SMILES string of the molecule is CSCCCNC(=NCc1nnc(C)n1C)NCCOc1ccc(C)cc1.I. The molecule has 1 aromatic heterocycles. The molecular weight excluding hydrogens is 487 g/mol. The number of rotatable bonds is 10. The number of hydrogen-bond acceptors (Lipinski definition) is 5. The molecule has 0 aliphatic carbocycles. The molecule has 0 saturated carbocycles. The molecular formula is C19H31IN6OS. The summed E-state index contributed by atoms with van der Waals surface area (Å²) in [5, 5.41) is 14.9. The lowest BCUT2D eigenvalue weighted by Crippen LogP contribution is -2.40. The van der Waals surface area contributed by atoms with Gasteiger partial charge in [-0.3, -0.25) is 0 Å². The molecule has 7 nitrogen and oxygen atoms in total. The number of hydrogen-bond donors (Lipinski definition) is 2. The monoisotopic (exact) mass is 518 g/mol. The van der Waals surface area contributed by atoms with Gasteiger partial charge < -0.3 is 19.9 Å². The van der Waals surface area contributed by atoms with E-state index in [0.717, 1.165) is 42.1 Å². The fourth-order valence-electron chi connectivity index (χ4n) is 2.31. The van der Waals surface area contributed by atoms with Crippen molar-refractivity contribution in [3.8, 4) is 5.75 Å². The number of benzene rings is 1. The molecule has 1 aromatic carbocycles.